The Labute approximate surface area is 143 Å². The minimum absolute atomic E-state index is 0.0165. The van der Waals surface area contributed by atoms with Gasteiger partial charge in [-0.25, -0.2) is 0 Å². The number of rotatable bonds is 5. The van der Waals surface area contributed by atoms with Gasteiger partial charge in [-0.05, 0) is 37.5 Å². The summed E-state index contributed by atoms with van der Waals surface area (Å²) in [4.78, 5) is 25.7. The highest BCUT2D eigenvalue weighted by molar-refractivity contribution is 6.31. The van der Waals surface area contributed by atoms with Crippen LogP contribution in [-0.4, -0.2) is 24.4 Å². The van der Waals surface area contributed by atoms with Gasteiger partial charge in [0.25, 0.3) is 0 Å². The van der Waals surface area contributed by atoms with Crippen molar-refractivity contribution in [2.45, 2.75) is 58.4 Å². The van der Waals surface area contributed by atoms with E-state index in [9.17, 15) is 9.59 Å². The van der Waals surface area contributed by atoms with Gasteiger partial charge >= 0.3 is 0 Å². The number of amides is 2. The van der Waals surface area contributed by atoms with Crippen LogP contribution in [0.3, 0.4) is 0 Å². The highest BCUT2D eigenvalue weighted by Crippen LogP contribution is 2.25. The molecule has 0 spiro atoms. The molecule has 4 nitrogen and oxygen atoms in total. The molecule has 2 rings (SSSR count). The van der Waals surface area contributed by atoms with Gasteiger partial charge in [-0.2, -0.15) is 0 Å². The first-order valence-electron chi connectivity index (χ1n) is 8.31. The van der Waals surface area contributed by atoms with E-state index in [-0.39, 0.29) is 11.8 Å². The predicted octanol–water partition coefficient (Wildman–Crippen LogP) is 3.84. The van der Waals surface area contributed by atoms with Crippen LogP contribution in [0.1, 0.15) is 51.0 Å². The summed E-state index contributed by atoms with van der Waals surface area (Å²) in [7, 11) is 0. The number of aryl methyl sites for hydroxylation is 1. The summed E-state index contributed by atoms with van der Waals surface area (Å²) in [6.45, 7) is 3.82. The van der Waals surface area contributed by atoms with Gasteiger partial charge in [0.1, 0.15) is 0 Å². The number of anilines is 1. The summed E-state index contributed by atoms with van der Waals surface area (Å²) in [6.07, 6.45) is 6.07. The summed E-state index contributed by atoms with van der Waals surface area (Å²) in [5.41, 5.74) is 1.74. The molecule has 23 heavy (non-hydrogen) atoms. The normalized spacial score (nSPS) is 15.3. The molecule has 0 unspecified atom stereocenters. The van der Waals surface area contributed by atoms with Crippen LogP contribution in [0.4, 0.5) is 5.69 Å². The molecule has 2 amide bonds. The lowest BCUT2D eigenvalue weighted by atomic mass is 9.95. The monoisotopic (exact) mass is 336 g/mol. The number of hydrogen-bond donors (Lipinski definition) is 1. The second-order valence-electron chi connectivity index (χ2n) is 6.25. The van der Waals surface area contributed by atoms with Gasteiger partial charge in [0.2, 0.25) is 11.8 Å². The largest absolute Gasteiger partial charge is 0.353 e. The van der Waals surface area contributed by atoms with Crippen LogP contribution in [0.25, 0.3) is 0 Å². The van der Waals surface area contributed by atoms with Crippen LogP contribution in [-0.2, 0) is 9.59 Å². The molecule has 1 aromatic carbocycles. The number of benzene rings is 1. The van der Waals surface area contributed by atoms with Gasteiger partial charge in [-0.3, -0.25) is 9.59 Å². The topological polar surface area (TPSA) is 49.4 Å². The molecule has 1 N–H and O–H groups in total. The molecule has 1 saturated carbocycles. The van der Waals surface area contributed by atoms with Gasteiger partial charge in [-0.15, -0.1) is 0 Å². The summed E-state index contributed by atoms with van der Waals surface area (Å²) >= 11 is 6.04. The molecule has 1 fully saturated rings. The fourth-order valence-electron chi connectivity index (χ4n) is 3.08. The van der Waals surface area contributed by atoms with E-state index in [1.165, 1.54) is 26.2 Å². The number of carbonyl (C=O) groups excluding carboxylic acids is 2. The van der Waals surface area contributed by atoms with E-state index in [0.29, 0.717) is 24.0 Å². The minimum atomic E-state index is -0.0826. The Bertz CT molecular complexity index is 568. The number of nitrogens with one attached hydrogen (secondary N) is 1. The lowest BCUT2D eigenvalue weighted by molar-refractivity contribution is -0.121. The van der Waals surface area contributed by atoms with Gasteiger partial charge in [0.15, 0.2) is 0 Å². The van der Waals surface area contributed by atoms with Crippen molar-refractivity contribution in [3.05, 3.63) is 28.8 Å². The van der Waals surface area contributed by atoms with Crippen molar-refractivity contribution < 1.29 is 9.59 Å². The first-order chi connectivity index (χ1) is 11.0. The van der Waals surface area contributed by atoms with Crippen molar-refractivity contribution >= 4 is 29.1 Å². The van der Waals surface area contributed by atoms with Gasteiger partial charge in [0, 0.05) is 36.6 Å². The molecule has 0 heterocycles. The zero-order valence-electron chi connectivity index (χ0n) is 13.9. The first kappa shape index (κ1) is 17.8. The molecule has 1 aliphatic carbocycles. The maximum absolute atomic E-state index is 12.1. The third kappa shape index (κ3) is 5.24. The Kier molecular flexibility index (Phi) is 6.46. The Morgan fingerprint density at radius 3 is 2.61 bits per heavy atom. The van der Waals surface area contributed by atoms with Gasteiger partial charge in [-0.1, -0.05) is 36.9 Å². The molecule has 0 atom stereocenters. The van der Waals surface area contributed by atoms with E-state index in [4.69, 9.17) is 11.6 Å². The van der Waals surface area contributed by atoms with Crippen molar-refractivity contribution in [1.82, 2.24) is 5.32 Å². The fraction of sp³-hybridized carbons (Fsp3) is 0.556. The molecule has 0 saturated heterocycles. The second kappa shape index (κ2) is 8.34. The van der Waals surface area contributed by atoms with Crippen LogP contribution in [0.2, 0.25) is 5.02 Å². The number of nitrogens with zero attached hydrogens (tertiary/aromatic N) is 1. The molecule has 126 valence electrons. The quantitative estimate of drug-likeness (QED) is 0.888. The highest BCUT2D eigenvalue weighted by atomic mass is 35.5. The van der Waals surface area contributed by atoms with Crippen LogP contribution >= 0.6 is 11.6 Å². The van der Waals surface area contributed by atoms with E-state index in [1.807, 2.05) is 13.0 Å². The van der Waals surface area contributed by atoms with Crippen LogP contribution in [0.15, 0.2) is 18.2 Å². The van der Waals surface area contributed by atoms with Crippen LogP contribution in [0.5, 0.6) is 0 Å². The predicted molar refractivity (Wildman–Crippen MR) is 93.8 cm³/mol. The summed E-state index contributed by atoms with van der Waals surface area (Å²) in [6, 6.07) is 5.76. The maximum Gasteiger partial charge on any atom is 0.223 e. The standard InChI is InChI=1S/C18H25ClN2O2/c1-13-8-9-15(19)12-17(13)21(14(2)22)11-10-18(23)20-16-6-4-3-5-7-16/h8-9,12,16H,3-7,10-11H2,1-2H3,(H,20,23). The Morgan fingerprint density at radius 2 is 1.96 bits per heavy atom. The molecule has 5 heteroatoms. The third-order valence-electron chi connectivity index (χ3n) is 4.37. The van der Waals surface area contributed by atoms with E-state index < -0.39 is 0 Å². The van der Waals surface area contributed by atoms with Gasteiger partial charge < -0.3 is 10.2 Å². The maximum atomic E-state index is 12.1. The molecular weight excluding hydrogens is 312 g/mol. The summed E-state index contributed by atoms with van der Waals surface area (Å²) in [5, 5.41) is 3.67. The average Bonchev–Trinajstić information content (AvgIpc) is 2.51. The van der Waals surface area contributed by atoms with Crippen molar-refractivity contribution in [2.24, 2.45) is 0 Å². The first-order valence-corrected chi connectivity index (χ1v) is 8.69. The van der Waals surface area contributed by atoms with Crippen LogP contribution in [0, 0.1) is 6.92 Å². The fourth-order valence-corrected chi connectivity index (χ4v) is 3.25. The van der Waals surface area contributed by atoms with Gasteiger partial charge in [0.05, 0.1) is 0 Å². The molecule has 1 aliphatic rings. The van der Waals surface area contributed by atoms with E-state index in [2.05, 4.69) is 5.32 Å². The minimum Gasteiger partial charge on any atom is -0.353 e. The second-order valence-corrected chi connectivity index (χ2v) is 6.69. The zero-order chi connectivity index (χ0) is 16.8. The third-order valence-corrected chi connectivity index (χ3v) is 4.61. The highest BCUT2D eigenvalue weighted by Gasteiger charge is 2.18. The van der Waals surface area contributed by atoms with E-state index in [1.54, 1.807) is 17.0 Å². The Hall–Kier alpha value is -1.55. The summed E-state index contributed by atoms with van der Waals surface area (Å²) < 4.78 is 0. The average molecular weight is 337 g/mol. The smallest absolute Gasteiger partial charge is 0.223 e. The molecular formula is C18H25ClN2O2. The Balaban J connectivity index is 1.95. The van der Waals surface area contributed by atoms with E-state index in [0.717, 1.165) is 24.1 Å². The summed E-state index contributed by atoms with van der Waals surface area (Å²) in [5.74, 6) is -0.0661. The zero-order valence-corrected chi connectivity index (χ0v) is 14.7. The van der Waals surface area contributed by atoms with Crippen molar-refractivity contribution in [1.29, 1.82) is 0 Å². The number of hydrogen-bond acceptors (Lipinski definition) is 2. The molecule has 1 aromatic rings. The van der Waals surface area contributed by atoms with Crippen LogP contribution < -0.4 is 10.2 Å². The molecule has 0 aromatic heterocycles. The number of carbonyl (C=O) groups is 2. The molecule has 0 radical (unpaired) electrons. The number of halogens is 1. The lowest BCUT2D eigenvalue weighted by Gasteiger charge is -2.25. The van der Waals surface area contributed by atoms with Crippen molar-refractivity contribution in [2.75, 3.05) is 11.4 Å². The lowest BCUT2D eigenvalue weighted by Crippen LogP contribution is -2.39. The molecule has 0 aliphatic heterocycles. The van der Waals surface area contributed by atoms with Crippen molar-refractivity contribution in [3.63, 3.8) is 0 Å². The Morgan fingerprint density at radius 1 is 1.26 bits per heavy atom. The van der Waals surface area contributed by atoms with Crippen molar-refractivity contribution in [3.8, 4) is 0 Å². The van der Waals surface area contributed by atoms with E-state index >= 15 is 0 Å². The molecule has 0 bridgehead atoms. The SMILES string of the molecule is CC(=O)N(CCC(=O)NC1CCCCC1)c1cc(Cl)ccc1C.